The molecule has 2 aliphatic carbocycles. The van der Waals surface area contributed by atoms with Crippen LogP contribution in [-0.4, -0.2) is 3.21 Å². The van der Waals surface area contributed by atoms with Crippen molar-refractivity contribution >= 4 is 3.21 Å². The molecule has 0 aliphatic heterocycles. The maximum absolute atomic E-state index is 2.76. The molecule has 4 aromatic carbocycles. The van der Waals surface area contributed by atoms with Gasteiger partial charge in [0.25, 0.3) is 0 Å². The minimum absolute atomic E-state index is 0. The Hall–Kier alpha value is -2.31. The molecule has 0 amide bonds. The van der Waals surface area contributed by atoms with E-state index >= 15 is 0 Å². The van der Waals surface area contributed by atoms with Gasteiger partial charge < -0.3 is 24.8 Å². The molecule has 214 valence electrons. The standard InChI is InChI=1S/C13H9.C13H10.C13H21.2ClH.Zr/c1-3-7-12-10(5-1)9-11-6-2-4-8-13(11)12;1-3-7-12(8-4-1)11-13-9-5-2-6-10-13;1-5-10-9-11(6-2)13(8-4)12(10)7-3;;;/h1-9H;1-10H;10H,5-8H2,1-4H3;2*1H;/q;;;;;+2/p-2. The van der Waals surface area contributed by atoms with Gasteiger partial charge in [-0.3, -0.25) is 0 Å². The van der Waals surface area contributed by atoms with Gasteiger partial charge in [-0.15, -0.1) is 0 Å². The summed E-state index contributed by atoms with van der Waals surface area (Å²) in [4.78, 5) is 0. The molecule has 0 spiro atoms. The van der Waals surface area contributed by atoms with Gasteiger partial charge in [0.1, 0.15) is 0 Å². The van der Waals surface area contributed by atoms with Gasteiger partial charge in [0, 0.05) is 0 Å². The summed E-state index contributed by atoms with van der Waals surface area (Å²) in [6.07, 6.45) is 4.64. The molecule has 1 atom stereocenters. The Morgan fingerprint density at radius 1 is 0.548 bits per heavy atom. The molecule has 0 N–H and O–H groups in total. The molecule has 2 aliphatic rings. The van der Waals surface area contributed by atoms with Gasteiger partial charge >= 0.3 is 250 Å². The summed E-state index contributed by atoms with van der Waals surface area (Å²) in [5.41, 5.74) is 14.0. The fourth-order valence-corrected chi connectivity index (χ4v) is 18.4. The molecule has 1 unspecified atom stereocenters. The van der Waals surface area contributed by atoms with Gasteiger partial charge in [0.15, 0.2) is 0 Å². The van der Waals surface area contributed by atoms with E-state index in [4.69, 9.17) is 0 Å². The zero-order valence-electron chi connectivity index (χ0n) is 25.1. The quantitative estimate of drug-likeness (QED) is 0.260. The number of hydrogen-bond acceptors (Lipinski definition) is 0. The van der Waals surface area contributed by atoms with Crippen molar-refractivity contribution in [2.75, 3.05) is 0 Å². The minimum atomic E-state index is -2.76. The predicted octanol–water partition coefficient (Wildman–Crippen LogP) is 4.47. The second-order valence-electron chi connectivity index (χ2n) is 11.0. The first-order valence-electron chi connectivity index (χ1n) is 15.2. The number of benzene rings is 4. The molecule has 0 nitrogen and oxygen atoms in total. The summed E-state index contributed by atoms with van der Waals surface area (Å²) in [6.45, 7) is 9.64. The molecule has 0 fully saturated rings. The van der Waals surface area contributed by atoms with Crippen LogP contribution in [0.4, 0.5) is 0 Å². The van der Waals surface area contributed by atoms with E-state index in [-0.39, 0.29) is 24.8 Å². The normalized spacial score (nSPS) is 15.4. The van der Waals surface area contributed by atoms with Crippen molar-refractivity contribution in [1.29, 1.82) is 0 Å². The summed E-state index contributed by atoms with van der Waals surface area (Å²) in [5, 5.41) is 0. The van der Waals surface area contributed by atoms with Crippen molar-refractivity contribution < 1.29 is 46.1 Å². The topological polar surface area (TPSA) is 0 Å². The van der Waals surface area contributed by atoms with Gasteiger partial charge in [0.2, 0.25) is 0 Å². The van der Waals surface area contributed by atoms with Crippen molar-refractivity contribution in [2.45, 2.75) is 57.0 Å². The number of allylic oxidation sites excluding steroid dienone is 4. The van der Waals surface area contributed by atoms with Crippen LogP contribution in [0.5, 0.6) is 0 Å². The van der Waals surface area contributed by atoms with Crippen molar-refractivity contribution in [2.24, 2.45) is 5.92 Å². The van der Waals surface area contributed by atoms with Crippen LogP contribution in [0, 0.1) is 5.92 Å². The van der Waals surface area contributed by atoms with Crippen LogP contribution < -0.4 is 24.8 Å². The maximum atomic E-state index is 2.45. The van der Waals surface area contributed by atoms with E-state index in [0.29, 0.717) is 9.54 Å². The van der Waals surface area contributed by atoms with Gasteiger partial charge in [-0.05, 0) is 0 Å². The molecular formula is C39H40Cl2Zr. The van der Waals surface area contributed by atoms with Crippen LogP contribution in [0.3, 0.4) is 0 Å². The van der Waals surface area contributed by atoms with E-state index in [1.807, 2.05) is 3.28 Å². The van der Waals surface area contributed by atoms with Crippen LogP contribution in [0.25, 0.3) is 11.1 Å². The van der Waals surface area contributed by atoms with Crippen LogP contribution in [0.2, 0.25) is 0 Å². The third kappa shape index (κ3) is 5.54. The monoisotopic (exact) mass is 668 g/mol. The van der Waals surface area contributed by atoms with Gasteiger partial charge in [-0.1, -0.05) is 0 Å². The second kappa shape index (κ2) is 14.4. The molecule has 0 bridgehead atoms. The van der Waals surface area contributed by atoms with E-state index in [2.05, 4.69) is 137 Å². The molecule has 0 saturated carbocycles. The molecule has 0 radical (unpaired) electrons. The number of hydrogen-bond donors (Lipinski definition) is 0. The maximum Gasteiger partial charge on any atom is -1.00 e. The average Bonchev–Trinajstić information content (AvgIpc) is 3.52. The third-order valence-electron chi connectivity index (χ3n) is 9.15. The molecular weight excluding hydrogens is 631 g/mol. The average molecular weight is 671 g/mol. The predicted molar refractivity (Wildman–Crippen MR) is 169 cm³/mol. The Morgan fingerprint density at radius 2 is 1.00 bits per heavy atom. The summed E-state index contributed by atoms with van der Waals surface area (Å²) < 4.78 is 4.00. The SMILES string of the molecule is CCC1=C(CC)C(CC)[C]([Zr+2](=[C](c2ccccc2)c2ccccc2)[CH]2c3ccccc3-c3ccccc32)=C1CC.[Cl-].[Cl-]. The fourth-order valence-electron chi connectivity index (χ4n) is 7.64. The summed E-state index contributed by atoms with van der Waals surface area (Å²) in [6, 6.07) is 41.5. The Morgan fingerprint density at radius 3 is 1.43 bits per heavy atom. The van der Waals surface area contributed by atoms with Gasteiger partial charge in [-0.25, -0.2) is 0 Å². The summed E-state index contributed by atoms with van der Waals surface area (Å²) in [7, 11) is 0. The van der Waals surface area contributed by atoms with Crippen molar-refractivity contribution in [1.82, 2.24) is 0 Å². The molecule has 3 heteroatoms. The minimum Gasteiger partial charge on any atom is -1.00 e. The second-order valence-corrected chi connectivity index (χ2v) is 17.1. The van der Waals surface area contributed by atoms with E-state index in [0.717, 1.165) is 19.3 Å². The fraction of sp³-hybridized carbons (Fsp3) is 0.256. The third-order valence-corrected chi connectivity index (χ3v) is 17.9. The molecule has 4 aromatic rings. The number of rotatable bonds is 8. The Labute approximate surface area is 273 Å². The van der Waals surface area contributed by atoms with E-state index in [9.17, 15) is 0 Å². The molecule has 6 rings (SSSR count). The van der Waals surface area contributed by atoms with Crippen LogP contribution in [-0.2, 0) is 21.3 Å². The van der Waals surface area contributed by atoms with Crippen molar-refractivity contribution in [3.8, 4) is 11.1 Å². The molecule has 0 saturated heterocycles. The smallest absolute Gasteiger partial charge is 1.00 e. The molecule has 0 aromatic heterocycles. The first-order valence-corrected chi connectivity index (χ1v) is 19.1. The zero-order chi connectivity index (χ0) is 27.6. The van der Waals surface area contributed by atoms with E-state index < -0.39 is 21.3 Å². The van der Waals surface area contributed by atoms with Crippen molar-refractivity contribution in [3.63, 3.8) is 0 Å². The first kappa shape index (κ1) is 32.6. The van der Waals surface area contributed by atoms with E-state index in [1.165, 1.54) is 28.7 Å². The van der Waals surface area contributed by atoms with Crippen LogP contribution in [0.15, 0.2) is 129 Å². The van der Waals surface area contributed by atoms with Crippen LogP contribution >= 0.6 is 0 Å². The Kier molecular flexibility index (Phi) is 11.2. The van der Waals surface area contributed by atoms with E-state index in [1.54, 1.807) is 31.1 Å². The Bertz CT molecular complexity index is 1540. The largest absolute Gasteiger partial charge is 1.00 e. The summed E-state index contributed by atoms with van der Waals surface area (Å²) in [5.74, 6) is 0.576. The molecule has 0 heterocycles. The summed E-state index contributed by atoms with van der Waals surface area (Å²) >= 11 is -2.76. The van der Waals surface area contributed by atoms with Gasteiger partial charge in [0.05, 0.1) is 0 Å². The number of fused-ring (bicyclic) bond motifs is 3. The van der Waals surface area contributed by atoms with Gasteiger partial charge in [-0.2, -0.15) is 0 Å². The van der Waals surface area contributed by atoms with Crippen LogP contribution in [0.1, 0.15) is 79.3 Å². The number of halogens is 2. The molecule has 42 heavy (non-hydrogen) atoms. The Balaban J connectivity index is 0.00000202. The zero-order valence-corrected chi connectivity index (χ0v) is 29.1. The first-order chi connectivity index (χ1) is 19.7. The van der Waals surface area contributed by atoms with Crippen molar-refractivity contribution in [3.05, 3.63) is 151 Å².